The minimum Gasteiger partial charge on any atom is -0.381 e. The van der Waals surface area contributed by atoms with Gasteiger partial charge in [0, 0.05) is 0 Å². The van der Waals surface area contributed by atoms with Crippen LogP contribution in [0.25, 0.3) is 0 Å². The molecule has 0 bridgehead atoms. The molecule has 1 aliphatic rings. The second-order valence-electron chi connectivity index (χ2n) is 4.36. The molecule has 0 spiro atoms. The molecule has 0 radical (unpaired) electrons. The molecule has 4 nitrogen and oxygen atoms in total. The van der Waals surface area contributed by atoms with Crippen LogP contribution in [0, 0.1) is 0 Å². The molecule has 2 N–H and O–H groups in total. The van der Waals surface area contributed by atoms with E-state index in [4.69, 9.17) is 5.73 Å². The van der Waals surface area contributed by atoms with Crippen molar-refractivity contribution in [2.75, 3.05) is 5.73 Å². The first-order valence-corrected chi connectivity index (χ1v) is 6.02. The maximum Gasteiger partial charge on any atom is 0.169 e. The van der Waals surface area contributed by atoms with E-state index < -0.39 is 0 Å². The number of aromatic nitrogens is 3. The lowest BCUT2D eigenvalue weighted by Crippen LogP contribution is -2.13. The number of rotatable bonds is 2. The van der Waals surface area contributed by atoms with Crippen LogP contribution >= 0.6 is 0 Å². The van der Waals surface area contributed by atoms with Gasteiger partial charge in [-0.3, -0.25) is 0 Å². The molecule has 0 aromatic carbocycles. The van der Waals surface area contributed by atoms with Gasteiger partial charge >= 0.3 is 0 Å². The van der Waals surface area contributed by atoms with Gasteiger partial charge in [0.2, 0.25) is 0 Å². The Morgan fingerprint density at radius 2 is 1.93 bits per heavy atom. The number of nitrogens with zero attached hydrogens (tertiary/aromatic N) is 3. The summed E-state index contributed by atoms with van der Waals surface area (Å²) in [7, 11) is 0. The van der Waals surface area contributed by atoms with E-state index in [1.54, 1.807) is 0 Å². The van der Waals surface area contributed by atoms with E-state index in [1.165, 1.54) is 38.5 Å². The summed E-state index contributed by atoms with van der Waals surface area (Å²) in [5.74, 6) is 0.613. The van der Waals surface area contributed by atoms with Gasteiger partial charge in [0.05, 0.1) is 11.7 Å². The highest BCUT2D eigenvalue weighted by Gasteiger charge is 2.19. The Hall–Kier alpha value is -1.06. The van der Waals surface area contributed by atoms with Crippen LogP contribution in [0.2, 0.25) is 0 Å². The van der Waals surface area contributed by atoms with E-state index in [9.17, 15) is 0 Å². The van der Waals surface area contributed by atoms with E-state index in [0.717, 1.165) is 12.1 Å². The molecule has 1 saturated carbocycles. The summed E-state index contributed by atoms with van der Waals surface area (Å²) >= 11 is 0. The molecule has 2 rings (SSSR count). The highest BCUT2D eigenvalue weighted by Crippen LogP contribution is 2.28. The lowest BCUT2D eigenvalue weighted by molar-refractivity contribution is 0.386. The number of nitrogen functional groups attached to an aromatic ring is 1. The highest BCUT2D eigenvalue weighted by atomic mass is 15.5. The average Bonchev–Trinajstić information content (AvgIpc) is 2.48. The summed E-state index contributed by atoms with van der Waals surface area (Å²) in [6.45, 7) is 2.11. The second kappa shape index (κ2) is 4.64. The minimum absolute atomic E-state index is 0.534. The fraction of sp³-hybridized carbons (Fsp3) is 0.818. The van der Waals surface area contributed by atoms with Crippen LogP contribution in [0.1, 0.15) is 57.2 Å². The van der Waals surface area contributed by atoms with Crippen LogP contribution in [-0.4, -0.2) is 15.0 Å². The zero-order valence-electron chi connectivity index (χ0n) is 9.45. The normalized spacial score (nSPS) is 19.0. The first-order valence-electron chi connectivity index (χ1n) is 6.02. The molecule has 84 valence electrons. The van der Waals surface area contributed by atoms with Gasteiger partial charge in [0.25, 0.3) is 0 Å². The van der Waals surface area contributed by atoms with Gasteiger partial charge in [-0.05, 0) is 19.3 Å². The first-order chi connectivity index (χ1) is 7.33. The summed E-state index contributed by atoms with van der Waals surface area (Å²) in [5, 5.41) is 8.18. The molecule has 4 heteroatoms. The topological polar surface area (TPSA) is 56.7 Å². The van der Waals surface area contributed by atoms with Gasteiger partial charge in [0.1, 0.15) is 0 Å². The number of hydrogen-bond acceptors (Lipinski definition) is 3. The predicted octanol–water partition coefficient (Wildman–Crippen LogP) is 2.32. The van der Waals surface area contributed by atoms with Crippen molar-refractivity contribution in [3.8, 4) is 0 Å². The monoisotopic (exact) mass is 208 g/mol. The lowest BCUT2D eigenvalue weighted by Gasteiger charge is -2.16. The van der Waals surface area contributed by atoms with Crippen LogP contribution in [0.3, 0.4) is 0 Å². The Balaban J connectivity index is 2.19. The first kappa shape index (κ1) is 10.5. The SMILES string of the molecule is CCc1c(N)nnn1C1CCCCCC1. The largest absolute Gasteiger partial charge is 0.381 e. The van der Waals surface area contributed by atoms with Crippen molar-refractivity contribution in [2.45, 2.75) is 57.9 Å². The fourth-order valence-corrected chi connectivity index (χ4v) is 2.46. The van der Waals surface area contributed by atoms with E-state index in [-0.39, 0.29) is 0 Å². The lowest BCUT2D eigenvalue weighted by atomic mass is 10.1. The van der Waals surface area contributed by atoms with E-state index in [2.05, 4.69) is 21.9 Å². The summed E-state index contributed by atoms with van der Waals surface area (Å²) in [6, 6.07) is 0.534. The van der Waals surface area contributed by atoms with E-state index in [0.29, 0.717) is 11.9 Å². The number of hydrogen-bond donors (Lipinski definition) is 1. The van der Waals surface area contributed by atoms with Gasteiger partial charge < -0.3 is 5.73 Å². The smallest absolute Gasteiger partial charge is 0.169 e. The molecule has 1 fully saturated rings. The summed E-state index contributed by atoms with van der Waals surface area (Å²) in [5.41, 5.74) is 6.92. The fourth-order valence-electron chi connectivity index (χ4n) is 2.46. The average molecular weight is 208 g/mol. The molecule has 0 amide bonds. The van der Waals surface area contributed by atoms with Gasteiger partial charge in [-0.15, -0.1) is 5.10 Å². The highest BCUT2D eigenvalue weighted by molar-refractivity contribution is 5.32. The number of nitrogens with two attached hydrogens (primary N) is 1. The van der Waals surface area contributed by atoms with E-state index >= 15 is 0 Å². The van der Waals surface area contributed by atoms with Crippen molar-refractivity contribution >= 4 is 5.82 Å². The standard InChI is InChI=1S/C11H20N4/c1-2-10-11(12)13-14-15(10)9-7-5-3-4-6-8-9/h9H,2-8,12H2,1H3. The molecule has 0 unspecified atom stereocenters. The molecule has 1 heterocycles. The third-order valence-corrected chi connectivity index (χ3v) is 3.33. The number of anilines is 1. The van der Waals surface area contributed by atoms with Crippen molar-refractivity contribution in [1.82, 2.24) is 15.0 Å². The van der Waals surface area contributed by atoms with E-state index in [1.807, 2.05) is 0 Å². The maximum atomic E-state index is 5.80. The molecular weight excluding hydrogens is 188 g/mol. The molecule has 1 aromatic heterocycles. The molecule has 0 atom stereocenters. The zero-order valence-corrected chi connectivity index (χ0v) is 9.45. The Morgan fingerprint density at radius 3 is 2.53 bits per heavy atom. The molecule has 0 aliphatic heterocycles. The quantitative estimate of drug-likeness (QED) is 0.759. The summed E-state index contributed by atoms with van der Waals surface area (Å²) in [6.07, 6.45) is 8.74. The van der Waals surface area contributed by atoms with Crippen molar-refractivity contribution in [3.63, 3.8) is 0 Å². The Bertz CT molecular complexity index is 310. The summed E-state index contributed by atoms with van der Waals surface area (Å²) in [4.78, 5) is 0. The van der Waals surface area contributed by atoms with Crippen LogP contribution in [0.15, 0.2) is 0 Å². The second-order valence-corrected chi connectivity index (χ2v) is 4.36. The Kier molecular flexibility index (Phi) is 3.23. The molecule has 1 aliphatic carbocycles. The van der Waals surface area contributed by atoms with Crippen molar-refractivity contribution < 1.29 is 0 Å². The van der Waals surface area contributed by atoms with Gasteiger partial charge in [0.15, 0.2) is 5.82 Å². The molecule has 0 saturated heterocycles. The third-order valence-electron chi connectivity index (χ3n) is 3.33. The van der Waals surface area contributed by atoms with Crippen LogP contribution in [0.4, 0.5) is 5.82 Å². The maximum absolute atomic E-state index is 5.80. The van der Waals surface area contributed by atoms with Gasteiger partial charge in [-0.1, -0.05) is 37.8 Å². The van der Waals surface area contributed by atoms with Crippen LogP contribution in [-0.2, 0) is 6.42 Å². The Labute approximate surface area is 90.8 Å². The molecular formula is C11H20N4. The van der Waals surface area contributed by atoms with Crippen LogP contribution in [0.5, 0.6) is 0 Å². The zero-order chi connectivity index (χ0) is 10.7. The molecule has 15 heavy (non-hydrogen) atoms. The van der Waals surface area contributed by atoms with Crippen LogP contribution < -0.4 is 5.73 Å². The van der Waals surface area contributed by atoms with Gasteiger partial charge in [-0.25, -0.2) is 4.68 Å². The molecule has 1 aromatic rings. The van der Waals surface area contributed by atoms with Crippen molar-refractivity contribution in [3.05, 3.63) is 5.69 Å². The third kappa shape index (κ3) is 2.13. The van der Waals surface area contributed by atoms with Crippen molar-refractivity contribution in [1.29, 1.82) is 0 Å². The summed E-state index contributed by atoms with van der Waals surface area (Å²) < 4.78 is 2.07. The minimum atomic E-state index is 0.534. The predicted molar refractivity (Wildman–Crippen MR) is 60.6 cm³/mol. The van der Waals surface area contributed by atoms with Gasteiger partial charge in [-0.2, -0.15) is 0 Å². The Morgan fingerprint density at radius 1 is 1.27 bits per heavy atom. The van der Waals surface area contributed by atoms with Crippen molar-refractivity contribution in [2.24, 2.45) is 0 Å².